The van der Waals surface area contributed by atoms with Crippen LogP contribution in [0.15, 0.2) is 77.7 Å². The van der Waals surface area contributed by atoms with Gasteiger partial charge in [0.2, 0.25) is 0 Å². The number of esters is 1. The average Bonchev–Trinajstić information content (AvgIpc) is 3.44. The highest BCUT2D eigenvalue weighted by Gasteiger charge is 2.55. The number of hydrogen-bond donors (Lipinski definition) is 1. The quantitative estimate of drug-likeness (QED) is 0.293. The van der Waals surface area contributed by atoms with Crippen molar-refractivity contribution in [2.24, 2.45) is 0 Å². The Morgan fingerprint density at radius 3 is 2.19 bits per heavy atom. The molecule has 4 atom stereocenters. The van der Waals surface area contributed by atoms with Crippen LogP contribution in [0.2, 0.25) is 0 Å². The Kier molecular flexibility index (Phi) is 6.33. The van der Waals surface area contributed by atoms with Gasteiger partial charge in [-0.05, 0) is 24.3 Å². The zero-order valence-electron chi connectivity index (χ0n) is 18.5. The third kappa shape index (κ3) is 4.74. The molecule has 2 aromatic carbocycles. The lowest BCUT2D eigenvalue weighted by atomic mass is 10.1. The van der Waals surface area contributed by atoms with Gasteiger partial charge in [-0.15, -0.1) is 0 Å². The van der Waals surface area contributed by atoms with E-state index in [0.29, 0.717) is 11.1 Å². The Labute approximate surface area is 203 Å². The molecule has 0 amide bonds. The van der Waals surface area contributed by atoms with Gasteiger partial charge < -0.3 is 23.8 Å². The van der Waals surface area contributed by atoms with Gasteiger partial charge in [0.25, 0.3) is 0 Å². The van der Waals surface area contributed by atoms with Gasteiger partial charge in [-0.1, -0.05) is 36.4 Å². The van der Waals surface area contributed by atoms with E-state index in [0.717, 1.165) is 4.57 Å². The molecule has 0 spiro atoms. The molecule has 3 aromatic rings. The molecule has 2 aliphatic rings. The fourth-order valence-corrected chi connectivity index (χ4v) is 3.79. The molecule has 12 heteroatoms. The first-order chi connectivity index (χ1) is 17.5. The van der Waals surface area contributed by atoms with E-state index in [1.54, 1.807) is 60.7 Å². The molecule has 2 aliphatic heterocycles. The first-order valence-corrected chi connectivity index (χ1v) is 10.9. The topological polar surface area (TPSA) is 144 Å². The lowest BCUT2D eigenvalue weighted by Crippen LogP contribution is -2.34. The summed E-state index contributed by atoms with van der Waals surface area (Å²) in [6.07, 6.45) is -3.42. The van der Waals surface area contributed by atoms with Crippen LogP contribution >= 0.6 is 0 Å². The molecule has 0 radical (unpaired) electrons. The standard InChI is InChI=1S/C24H19N3O9/c28-21(14-7-3-1-4-8-14)32-13-16-18-19(35-24(31)34-18)20(33-16)27-12-11-17(25-23(27)30)26-36-22(29)15-9-5-2-6-10-15/h1-12,16,18-20H,13H2,(H,25,26,30)/t16-,18-,19-,20-/m1/s1. The van der Waals surface area contributed by atoms with Crippen molar-refractivity contribution >= 4 is 23.9 Å². The molecular formula is C24H19N3O9. The fourth-order valence-electron chi connectivity index (χ4n) is 3.79. The zero-order chi connectivity index (χ0) is 25.1. The highest BCUT2D eigenvalue weighted by Crippen LogP contribution is 2.37. The number of ether oxygens (including phenoxy) is 4. The number of anilines is 1. The number of benzene rings is 2. The van der Waals surface area contributed by atoms with Crippen LogP contribution in [0, 0.1) is 0 Å². The van der Waals surface area contributed by atoms with E-state index in [2.05, 4.69) is 10.5 Å². The van der Waals surface area contributed by atoms with Gasteiger partial charge in [-0.25, -0.2) is 19.2 Å². The summed E-state index contributed by atoms with van der Waals surface area (Å²) in [7, 11) is 0. The highest BCUT2D eigenvalue weighted by molar-refractivity contribution is 5.90. The summed E-state index contributed by atoms with van der Waals surface area (Å²) in [4.78, 5) is 57.6. The van der Waals surface area contributed by atoms with Gasteiger partial charge in [0.15, 0.2) is 24.3 Å². The molecule has 1 N–H and O–H groups in total. The fraction of sp³-hybridized carbons (Fsp3) is 0.208. The molecule has 12 nitrogen and oxygen atoms in total. The number of rotatable bonds is 7. The van der Waals surface area contributed by atoms with Gasteiger partial charge in [-0.2, -0.15) is 10.5 Å². The van der Waals surface area contributed by atoms with Crippen LogP contribution in [0.3, 0.4) is 0 Å². The number of hydrogen-bond acceptors (Lipinski definition) is 11. The third-order valence-electron chi connectivity index (χ3n) is 5.50. The second-order valence-electron chi connectivity index (χ2n) is 7.80. The monoisotopic (exact) mass is 493 g/mol. The summed E-state index contributed by atoms with van der Waals surface area (Å²) < 4.78 is 22.6. The molecule has 1 aromatic heterocycles. The van der Waals surface area contributed by atoms with Gasteiger partial charge >= 0.3 is 23.8 Å². The lowest BCUT2D eigenvalue weighted by molar-refractivity contribution is -0.0769. The van der Waals surface area contributed by atoms with E-state index in [1.807, 2.05) is 0 Å². The van der Waals surface area contributed by atoms with Crippen LogP contribution in [-0.4, -0.2) is 52.6 Å². The van der Waals surface area contributed by atoms with Gasteiger partial charge in [0.05, 0.1) is 11.1 Å². The van der Waals surface area contributed by atoms with Crippen LogP contribution in [0.1, 0.15) is 26.9 Å². The van der Waals surface area contributed by atoms with Crippen LogP contribution in [-0.2, 0) is 23.8 Å². The number of nitrogens with one attached hydrogen (secondary N) is 1. The molecule has 2 fully saturated rings. The Bertz CT molecular complexity index is 1330. The van der Waals surface area contributed by atoms with E-state index in [-0.39, 0.29) is 12.4 Å². The van der Waals surface area contributed by atoms with Gasteiger partial charge in [0, 0.05) is 12.3 Å². The van der Waals surface area contributed by atoms with Crippen molar-refractivity contribution in [1.82, 2.24) is 9.55 Å². The van der Waals surface area contributed by atoms with Crippen LogP contribution in [0.5, 0.6) is 0 Å². The second kappa shape index (κ2) is 9.88. The average molecular weight is 493 g/mol. The Morgan fingerprint density at radius 1 is 0.889 bits per heavy atom. The minimum Gasteiger partial charge on any atom is -0.459 e. The van der Waals surface area contributed by atoms with E-state index >= 15 is 0 Å². The number of fused-ring (bicyclic) bond motifs is 1. The van der Waals surface area contributed by atoms with E-state index in [4.69, 9.17) is 23.8 Å². The number of aromatic nitrogens is 2. The van der Waals surface area contributed by atoms with Crippen LogP contribution < -0.4 is 11.2 Å². The Hall–Kier alpha value is -4.71. The first kappa shape index (κ1) is 23.1. The second-order valence-corrected chi connectivity index (χ2v) is 7.80. The summed E-state index contributed by atoms with van der Waals surface area (Å²) in [6.45, 7) is -0.237. The molecule has 0 saturated carbocycles. The first-order valence-electron chi connectivity index (χ1n) is 10.9. The predicted octanol–water partition coefficient (Wildman–Crippen LogP) is 2.09. The third-order valence-corrected chi connectivity index (χ3v) is 5.50. The molecule has 0 aliphatic carbocycles. The zero-order valence-corrected chi connectivity index (χ0v) is 18.5. The molecule has 0 bridgehead atoms. The van der Waals surface area contributed by atoms with Crippen molar-refractivity contribution in [2.75, 3.05) is 12.1 Å². The Morgan fingerprint density at radius 2 is 1.53 bits per heavy atom. The Balaban J connectivity index is 1.26. The van der Waals surface area contributed by atoms with Crippen LogP contribution in [0.4, 0.5) is 10.6 Å². The summed E-state index contributed by atoms with van der Waals surface area (Å²) in [5.41, 5.74) is 2.21. The maximum Gasteiger partial charge on any atom is 0.509 e. The van der Waals surface area contributed by atoms with E-state index in [9.17, 15) is 19.2 Å². The maximum absolute atomic E-state index is 12.7. The van der Waals surface area contributed by atoms with Crippen molar-refractivity contribution in [3.63, 3.8) is 0 Å². The molecular weight excluding hydrogens is 474 g/mol. The summed E-state index contributed by atoms with van der Waals surface area (Å²) in [6, 6.07) is 18.0. The predicted molar refractivity (Wildman–Crippen MR) is 120 cm³/mol. The van der Waals surface area contributed by atoms with Crippen molar-refractivity contribution in [2.45, 2.75) is 24.5 Å². The van der Waals surface area contributed by atoms with Crippen molar-refractivity contribution in [3.8, 4) is 0 Å². The normalized spacial score (nSPS) is 22.2. The summed E-state index contributed by atoms with van der Waals surface area (Å²) in [5, 5.41) is 0. The van der Waals surface area contributed by atoms with E-state index in [1.165, 1.54) is 12.3 Å². The number of carbonyl (C=O) groups excluding carboxylic acids is 3. The van der Waals surface area contributed by atoms with Crippen molar-refractivity contribution < 1.29 is 38.2 Å². The number of carbonyl (C=O) groups is 3. The van der Waals surface area contributed by atoms with Crippen molar-refractivity contribution in [1.29, 1.82) is 0 Å². The highest BCUT2D eigenvalue weighted by atomic mass is 16.8. The van der Waals surface area contributed by atoms with Crippen LogP contribution in [0.25, 0.3) is 0 Å². The SMILES string of the molecule is O=C1O[C@@H]2[C@H](O1)[C@@H](COC(=O)c1ccccc1)O[C@H]2n1ccc(NOC(=O)c2ccccc2)nc1=O. The molecule has 5 rings (SSSR count). The van der Waals surface area contributed by atoms with E-state index < -0.39 is 48.3 Å². The largest absolute Gasteiger partial charge is 0.509 e. The van der Waals surface area contributed by atoms with Gasteiger partial charge in [-0.3, -0.25) is 4.57 Å². The molecule has 36 heavy (non-hydrogen) atoms. The molecule has 0 unspecified atom stereocenters. The lowest BCUT2D eigenvalue weighted by Gasteiger charge is -2.18. The smallest absolute Gasteiger partial charge is 0.459 e. The molecule has 3 heterocycles. The maximum atomic E-state index is 12.7. The summed E-state index contributed by atoms with van der Waals surface area (Å²) >= 11 is 0. The van der Waals surface area contributed by atoms with Crippen molar-refractivity contribution in [3.05, 3.63) is 94.5 Å². The summed E-state index contributed by atoms with van der Waals surface area (Å²) in [5.74, 6) is -1.27. The minimum absolute atomic E-state index is 0.0249. The molecule has 2 saturated heterocycles. The van der Waals surface area contributed by atoms with Gasteiger partial charge in [0.1, 0.15) is 12.7 Å². The minimum atomic E-state index is -1.08. The molecule has 184 valence electrons. The number of nitrogens with zero attached hydrogens (tertiary/aromatic N) is 2.